The molecule has 3 nitrogen and oxygen atoms in total. The van der Waals surface area contributed by atoms with Gasteiger partial charge in [-0.05, 0) is 24.3 Å². The lowest BCUT2D eigenvalue weighted by Gasteiger charge is -2.16. The van der Waals surface area contributed by atoms with Gasteiger partial charge in [0.25, 0.3) is 0 Å². The first-order chi connectivity index (χ1) is 6.82. The number of rotatable bonds is 2. The second-order valence-electron chi connectivity index (χ2n) is 4.40. The highest BCUT2D eigenvalue weighted by Crippen LogP contribution is 2.21. The molecule has 1 rings (SSSR count). The van der Waals surface area contributed by atoms with E-state index in [1.165, 1.54) is 0 Å². The van der Waals surface area contributed by atoms with Crippen molar-refractivity contribution in [3.63, 3.8) is 0 Å². The molecular formula is C11H15NO2S. The van der Waals surface area contributed by atoms with Crippen molar-refractivity contribution in [3.8, 4) is 0 Å². The molecule has 1 aromatic rings. The van der Waals surface area contributed by atoms with E-state index in [1.807, 2.05) is 20.8 Å². The van der Waals surface area contributed by atoms with Crippen LogP contribution < -0.4 is 5.14 Å². The van der Waals surface area contributed by atoms with E-state index < -0.39 is 16.8 Å². The van der Waals surface area contributed by atoms with E-state index in [-0.39, 0.29) is 5.78 Å². The van der Waals surface area contributed by atoms with Crippen LogP contribution in [0.1, 0.15) is 31.1 Å². The number of carbonyl (C=O) groups excluding carboxylic acids is 1. The van der Waals surface area contributed by atoms with Crippen molar-refractivity contribution in [1.29, 1.82) is 0 Å². The minimum Gasteiger partial charge on any atom is -0.593 e. The molecule has 82 valence electrons. The Labute approximate surface area is 93.0 Å². The SMILES string of the molecule is CC(C)(C)C(=O)c1ccc([S+](N)[O-])cc1. The molecule has 0 saturated carbocycles. The van der Waals surface area contributed by atoms with Gasteiger partial charge >= 0.3 is 0 Å². The predicted octanol–water partition coefficient (Wildman–Crippen LogP) is 1.90. The summed E-state index contributed by atoms with van der Waals surface area (Å²) in [4.78, 5) is 12.4. The molecule has 0 aliphatic carbocycles. The molecule has 0 bridgehead atoms. The van der Waals surface area contributed by atoms with Crippen LogP contribution in [0.4, 0.5) is 0 Å². The molecule has 0 heterocycles. The van der Waals surface area contributed by atoms with Gasteiger partial charge in [0.1, 0.15) is 0 Å². The van der Waals surface area contributed by atoms with Gasteiger partial charge < -0.3 is 4.55 Å². The first-order valence-corrected chi connectivity index (χ1v) is 5.84. The van der Waals surface area contributed by atoms with Gasteiger partial charge in [0.05, 0.1) is 11.4 Å². The molecule has 0 aromatic heterocycles. The minimum absolute atomic E-state index is 0.0665. The second kappa shape index (κ2) is 4.35. The third-order valence-electron chi connectivity index (χ3n) is 2.03. The molecule has 0 fully saturated rings. The molecule has 1 aromatic carbocycles. The normalized spacial score (nSPS) is 13.7. The van der Waals surface area contributed by atoms with Gasteiger partial charge in [-0.1, -0.05) is 20.8 Å². The number of benzene rings is 1. The summed E-state index contributed by atoms with van der Waals surface area (Å²) in [5, 5.41) is 5.21. The van der Waals surface area contributed by atoms with E-state index in [1.54, 1.807) is 24.3 Å². The van der Waals surface area contributed by atoms with Gasteiger partial charge in [0.15, 0.2) is 10.7 Å². The van der Waals surface area contributed by atoms with E-state index >= 15 is 0 Å². The Balaban J connectivity index is 2.95. The Morgan fingerprint density at radius 1 is 1.27 bits per heavy atom. The third-order valence-corrected chi connectivity index (χ3v) is 2.77. The maximum Gasteiger partial charge on any atom is 0.173 e. The monoisotopic (exact) mass is 225 g/mol. The largest absolute Gasteiger partial charge is 0.593 e. The number of nitrogens with two attached hydrogens (primary N) is 1. The van der Waals surface area contributed by atoms with Gasteiger partial charge in [-0.2, -0.15) is 0 Å². The topological polar surface area (TPSA) is 66.2 Å². The smallest absolute Gasteiger partial charge is 0.173 e. The average Bonchev–Trinajstić information content (AvgIpc) is 2.15. The third kappa shape index (κ3) is 3.06. The Morgan fingerprint density at radius 2 is 1.73 bits per heavy atom. The van der Waals surface area contributed by atoms with Crippen molar-refractivity contribution in [2.24, 2.45) is 10.6 Å². The van der Waals surface area contributed by atoms with Crippen molar-refractivity contribution in [2.75, 3.05) is 0 Å². The fourth-order valence-electron chi connectivity index (χ4n) is 1.17. The summed E-state index contributed by atoms with van der Waals surface area (Å²) in [6.45, 7) is 5.60. The summed E-state index contributed by atoms with van der Waals surface area (Å²) in [6, 6.07) is 6.56. The molecule has 0 spiro atoms. The van der Waals surface area contributed by atoms with E-state index in [4.69, 9.17) is 5.14 Å². The summed E-state index contributed by atoms with van der Waals surface area (Å²) in [6.07, 6.45) is 0. The van der Waals surface area contributed by atoms with Crippen molar-refractivity contribution in [2.45, 2.75) is 25.7 Å². The fourth-order valence-corrected chi connectivity index (χ4v) is 1.58. The second-order valence-corrected chi connectivity index (χ2v) is 5.47. The molecule has 0 aliphatic rings. The summed E-state index contributed by atoms with van der Waals surface area (Å²) in [5.74, 6) is 0.0665. The van der Waals surface area contributed by atoms with Gasteiger partial charge in [0.2, 0.25) is 0 Å². The number of hydrogen-bond donors (Lipinski definition) is 1. The van der Waals surface area contributed by atoms with E-state index in [2.05, 4.69) is 0 Å². The van der Waals surface area contributed by atoms with Crippen LogP contribution in [0.2, 0.25) is 0 Å². The molecular weight excluding hydrogens is 210 g/mol. The molecule has 0 aliphatic heterocycles. The zero-order valence-corrected chi connectivity index (χ0v) is 9.93. The first kappa shape index (κ1) is 12.2. The average molecular weight is 225 g/mol. The predicted molar refractivity (Wildman–Crippen MR) is 60.8 cm³/mol. The van der Waals surface area contributed by atoms with Crippen LogP contribution in [-0.4, -0.2) is 10.3 Å². The molecule has 0 radical (unpaired) electrons. The van der Waals surface area contributed by atoms with Crippen LogP contribution in [0.25, 0.3) is 0 Å². The summed E-state index contributed by atoms with van der Waals surface area (Å²) in [7, 11) is 0. The van der Waals surface area contributed by atoms with Gasteiger partial charge in [-0.25, -0.2) is 0 Å². The maximum atomic E-state index is 11.8. The molecule has 15 heavy (non-hydrogen) atoms. The van der Waals surface area contributed by atoms with Gasteiger partial charge in [-0.3, -0.25) is 4.79 Å². The van der Waals surface area contributed by atoms with Crippen molar-refractivity contribution >= 4 is 17.1 Å². The molecule has 0 saturated heterocycles. The maximum absolute atomic E-state index is 11.8. The highest BCUT2D eigenvalue weighted by Gasteiger charge is 2.22. The number of Topliss-reactive ketones (excluding diaryl/α,β-unsaturated/α-hetero) is 1. The van der Waals surface area contributed by atoms with Gasteiger partial charge in [-0.15, -0.1) is 5.14 Å². The Hall–Kier alpha value is -0.840. The minimum atomic E-state index is -1.48. The van der Waals surface area contributed by atoms with Crippen LogP contribution in [0.5, 0.6) is 0 Å². The Bertz CT molecular complexity index is 352. The molecule has 1 unspecified atom stereocenters. The van der Waals surface area contributed by atoms with Crippen LogP contribution in [0, 0.1) is 5.41 Å². The van der Waals surface area contributed by atoms with Crippen molar-refractivity contribution in [3.05, 3.63) is 29.8 Å². The quantitative estimate of drug-likeness (QED) is 0.617. The van der Waals surface area contributed by atoms with Crippen LogP contribution in [0.15, 0.2) is 29.2 Å². The van der Waals surface area contributed by atoms with Gasteiger partial charge in [0, 0.05) is 11.0 Å². The Kier molecular flexibility index (Phi) is 3.54. The standard InChI is InChI=1S/C11H15NO2S/c1-11(2,3)10(13)8-4-6-9(7-5-8)15(12)14/h4-7H,12H2,1-3H3. The zero-order valence-electron chi connectivity index (χ0n) is 9.11. The van der Waals surface area contributed by atoms with Crippen molar-refractivity contribution < 1.29 is 9.35 Å². The molecule has 1 atom stereocenters. The lowest BCUT2D eigenvalue weighted by molar-refractivity contribution is 0.0858. The fraction of sp³-hybridized carbons (Fsp3) is 0.364. The highest BCUT2D eigenvalue weighted by atomic mass is 32.2. The first-order valence-electron chi connectivity index (χ1n) is 4.63. The zero-order chi connectivity index (χ0) is 11.6. The number of carbonyl (C=O) groups is 1. The van der Waals surface area contributed by atoms with E-state index in [0.717, 1.165) is 0 Å². The molecule has 2 N–H and O–H groups in total. The number of hydrogen-bond acceptors (Lipinski definition) is 3. The summed E-state index contributed by atoms with van der Waals surface area (Å²) in [5.41, 5.74) is 0.223. The molecule has 0 amide bonds. The van der Waals surface area contributed by atoms with Crippen molar-refractivity contribution in [1.82, 2.24) is 0 Å². The summed E-state index contributed by atoms with van der Waals surface area (Å²) < 4.78 is 10.9. The lowest BCUT2D eigenvalue weighted by atomic mass is 9.87. The van der Waals surface area contributed by atoms with E-state index in [9.17, 15) is 9.35 Å². The Morgan fingerprint density at radius 3 is 2.07 bits per heavy atom. The lowest BCUT2D eigenvalue weighted by Crippen LogP contribution is -2.20. The van der Waals surface area contributed by atoms with Crippen LogP contribution in [0.3, 0.4) is 0 Å². The van der Waals surface area contributed by atoms with Crippen LogP contribution >= 0.6 is 0 Å². The molecule has 4 heteroatoms. The summed E-state index contributed by atoms with van der Waals surface area (Å²) >= 11 is -1.48. The van der Waals surface area contributed by atoms with Crippen LogP contribution in [-0.2, 0) is 11.4 Å². The highest BCUT2D eigenvalue weighted by molar-refractivity contribution is 7.89. The van der Waals surface area contributed by atoms with E-state index in [0.29, 0.717) is 10.5 Å². The number of ketones is 1.